The molecule has 1 atom stereocenters. The summed E-state index contributed by atoms with van der Waals surface area (Å²) in [6.45, 7) is 3.19. The van der Waals surface area contributed by atoms with E-state index < -0.39 is 0 Å². The molecule has 1 aromatic carbocycles. The smallest absolute Gasteiger partial charge is 0.119 e. The van der Waals surface area contributed by atoms with Gasteiger partial charge in [0.05, 0.1) is 0 Å². The molecule has 0 heterocycles. The van der Waals surface area contributed by atoms with Crippen molar-refractivity contribution in [3.8, 4) is 5.75 Å². The van der Waals surface area contributed by atoms with Crippen molar-refractivity contribution >= 4 is 0 Å². The number of rotatable bonds is 6. The van der Waals surface area contributed by atoms with Gasteiger partial charge in [-0.15, -0.1) is 0 Å². The van der Waals surface area contributed by atoms with Crippen molar-refractivity contribution in [2.75, 3.05) is 27.3 Å². The normalized spacial score (nSPS) is 12.8. The van der Waals surface area contributed by atoms with Crippen LogP contribution in [0.2, 0.25) is 0 Å². The summed E-state index contributed by atoms with van der Waals surface area (Å²) < 4.78 is 10.9. The Bertz CT molecular complexity index is 298. The number of hydrogen-bond donors (Lipinski definition) is 1. The van der Waals surface area contributed by atoms with Gasteiger partial charge in [0.2, 0.25) is 0 Å². The molecule has 0 radical (unpaired) electrons. The monoisotopic (exact) mass is 224 g/mol. The van der Waals surface area contributed by atoms with Gasteiger partial charge in [0, 0.05) is 20.7 Å². The maximum Gasteiger partial charge on any atom is 0.119 e. The molecule has 0 bridgehead atoms. The van der Waals surface area contributed by atoms with Crippen LogP contribution in [0.5, 0.6) is 5.75 Å². The van der Waals surface area contributed by atoms with Gasteiger partial charge in [-0.2, -0.15) is 0 Å². The lowest BCUT2D eigenvalue weighted by Crippen LogP contribution is -2.38. The highest BCUT2D eigenvalue weighted by molar-refractivity contribution is 5.26. The number of benzene rings is 1. The largest absolute Gasteiger partial charge is 0.491 e. The highest BCUT2D eigenvalue weighted by atomic mass is 16.5. The number of likely N-dealkylation sites (N-methyl/N-ethyl adjacent to an activating group) is 1. The summed E-state index contributed by atoms with van der Waals surface area (Å²) in [6, 6.07) is 7.95. The van der Waals surface area contributed by atoms with Crippen LogP contribution < -0.4 is 10.6 Å². The quantitative estimate of drug-likeness (QED) is 0.582. The molecule has 0 saturated heterocycles. The van der Waals surface area contributed by atoms with E-state index in [2.05, 4.69) is 0 Å². The van der Waals surface area contributed by atoms with Crippen LogP contribution in [-0.2, 0) is 4.74 Å². The highest BCUT2D eigenvalue weighted by Gasteiger charge is 2.09. The number of aryl methyl sites for hydroxylation is 1. The van der Waals surface area contributed by atoms with Gasteiger partial charge in [0.25, 0.3) is 0 Å². The van der Waals surface area contributed by atoms with Crippen molar-refractivity contribution in [2.24, 2.45) is 5.84 Å². The molecule has 4 nitrogen and oxygen atoms in total. The Morgan fingerprint density at radius 2 is 1.94 bits per heavy atom. The Morgan fingerprint density at radius 3 is 2.44 bits per heavy atom. The average Bonchev–Trinajstić information content (AvgIpc) is 2.26. The van der Waals surface area contributed by atoms with E-state index in [0.717, 1.165) is 5.75 Å². The second kappa shape index (κ2) is 6.48. The van der Waals surface area contributed by atoms with Gasteiger partial charge in [-0.25, -0.2) is 5.01 Å². The Hall–Kier alpha value is -1.10. The van der Waals surface area contributed by atoms with Crippen LogP contribution >= 0.6 is 0 Å². The topological polar surface area (TPSA) is 47.7 Å². The third kappa shape index (κ3) is 4.61. The van der Waals surface area contributed by atoms with Gasteiger partial charge >= 0.3 is 0 Å². The minimum atomic E-state index is -0.0173. The standard InChI is InChI=1S/C12H20N2O2/c1-10-4-6-11(7-5-10)16-9-12(15-3)8-14(2)13/h4-7,12H,8-9,13H2,1-3H3. The SMILES string of the molecule is COC(COc1ccc(C)cc1)CN(C)N. The summed E-state index contributed by atoms with van der Waals surface area (Å²) in [5, 5.41) is 1.59. The zero-order valence-corrected chi connectivity index (χ0v) is 10.1. The average molecular weight is 224 g/mol. The minimum absolute atomic E-state index is 0.0173. The molecule has 2 N–H and O–H groups in total. The molecule has 0 amide bonds. The van der Waals surface area contributed by atoms with Crippen LogP contribution in [-0.4, -0.2) is 38.4 Å². The van der Waals surface area contributed by atoms with E-state index in [-0.39, 0.29) is 6.10 Å². The van der Waals surface area contributed by atoms with Crippen LogP contribution in [0.25, 0.3) is 0 Å². The number of methoxy groups -OCH3 is 1. The summed E-state index contributed by atoms with van der Waals surface area (Å²) in [5.74, 6) is 6.41. The Morgan fingerprint density at radius 1 is 1.31 bits per heavy atom. The van der Waals surface area contributed by atoms with Crippen LogP contribution in [0.15, 0.2) is 24.3 Å². The Balaban J connectivity index is 2.40. The van der Waals surface area contributed by atoms with Crippen molar-refractivity contribution in [3.05, 3.63) is 29.8 Å². The first-order chi connectivity index (χ1) is 7.61. The predicted octanol–water partition coefficient (Wildman–Crippen LogP) is 1.19. The molecule has 0 saturated carbocycles. The zero-order chi connectivity index (χ0) is 12.0. The molecule has 1 aromatic rings. The van der Waals surface area contributed by atoms with E-state index in [1.165, 1.54) is 5.56 Å². The lowest BCUT2D eigenvalue weighted by Gasteiger charge is -2.19. The van der Waals surface area contributed by atoms with E-state index in [0.29, 0.717) is 13.2 Å². The first-order valence-electron chi connectivity index (χ1n) is 5.30. The summed E-state index contributed by atoms with van der Waals surface area (Å²) in [6.07, 6.45) is -0.0173. The van der Waals surface area contributed by atoms with E-state index >= 15 is 0 Å². The van der Waals surface area contributed by atoms with E-state index in [9.17, 15) is 0 Å². The molecule has 16 heavy (non-hydrogen) atoms. The van der Waals surface area contributed by atoms with Gasteiger partial charge in [-0.3, -0.25) is 5.84 Å². The van der Waals surface area contributed by atoms with E-state index in [1.807, 2.05) is 31.2 Å². The number of nitrogens with zero attached hydrogens (tertiary/aromatic N) is 1. The van der Waals surface area contributed by atoms with Crippen molar-refractivity contribution in [1.82, 2.24) is 5.01 Å². The Labute approximate surface area is 96.9 Å². The Kier molecular flexibility index (Phi) is 5.25. The van der Waals surface area contributed by atoms with Crippen molar-refractivity contribution < 1.29 is 9.47 Å². The first-order valence-corrected chi connectivity index (χ1v) is 5.30. The predicted molar refractivity (Wildman–Crippen MR) is 64.3 cm³/mol. The maximum absolute atomic E-state index is 5.61. The summed E-state index contributed by atoms with van der Waals surface area (Å²) in [7, 11) is 3.46. The molecule has 4 heteroatoms. The maximum atomic E-state index is 5.61. The molecule has 0 fully saturated rings. The molecule has 90 valence electrons. The summed E-state index contributed by atoms with van der Waals surface area (Å²) in [5.41, 5.74) is 1.22. The molecule has 0 aliphatic carbocycles. The molecule has 0 aromatic heterocycles. The van der Waals surface area contributed by atoms with Gasteiger partial charge in [0.1, 0.15) is 18.5 Å². The molecule has 0 spiro atoms. The van der Waals surface area contributed by atoms with Gasteiger partial charge in [0.15, 0.2) is 0 Å². The lowest BCUT2D eigenvalue weighted by atomic mass is 10.2. The fourth-order valence-corrected chi connectivity index (χ4v) is 1.34. The van der Waals surface area contributed by atoms with Crippen molar-refractivity contribution in [1.29, 1.82) is 0 Å². The molecule has 1 rings (SSSR count). The van der Waals surface area contributed by atoms with E-state index in [1.54, 1.807) is 19.2 Å². The zero-order valence-electron chi connectivity index (χ0n) is 10.1. The number of hydrogen-bond acceptors (Lipinski definition) is 4. The fourth-order valence-electron chi connectivity index (χ4n) is 1.34. The molecule has 1 unspecified atom stereocenters. The molecule has 0 aliphatic heterocycles. The van der Waals surface area contributed by atoms with Gasteiger partial charge < -0.3 is 9.47 Å². The van der Waals surface area contributed by atoms with Crippen LogP contribution in [0.4, 0.5) is 0 Å². The van der Waals surface area contributed by atoms with Gasteiger partial charge in [-0.05, 0) is 19.1 Å². The third-order valence-corrected chi connectivity index (χ3v) is 2.28. The number of ether oxygens (including phenoxy) is 2. The van der Waals surface area contributed by atoms with Crippen LogP contribution in [0.3, 0.4) is 0 Å². The summed E-state index contributed by atoms with van der Waals surface area (Å²) >= 11 is 0. The minimum Gasteiger partial charge on any atom is -0.491 e. The van der Waals surface area contributed by atoms with E-state index in [4.69, 9.17) is 15.3 Å². The van der Waals surface area contributed by atoms with Crippen molar-refractivity contribution in [2.45, 2.75) is 13.0 Å². The second-order valence-electron chi connectivity index (χ2n) is 3.92. The molecule has 0 aliphatic rings. The lowest BCUT2D eigenvalue weighted by molar-refractivity contribution is 0.0350. The highest BCUT2D eigenvalue weighted by Crippen LogP contribution is 2.11. The van der Waals surface area contributed by atoms with Crippen LogP contribution in [0.1, 0.15) is 5.56 Å². The number of nitrogens with two attached hydrogens (primary N) is 1. The number of hydrazine groups is 1. The fraction of sp³-hybridized carbons (Fsp3) is 0.500. The molecular weight excluding hydrogens is 204 g/mol. The van der Waals surface area contributed by atoms with Gasteiger partial charge in [-0.1, -0.05) is 17.7 Å². The first kappa shape index (κ1) is 13.0. The molecular formula is C12H20N2O2. The summed E-state index contributed by atoms with van der Waals surface area (Å²) in [4.78, 5) is 0. The van der Waals surface area contributed by atoms with Crippen molar-refractivity contribution in [3.63, 3.8) is 0 Å². The van der Waals surface area contributed by atoms with Crippen LogP contribution in [0, 0.1) is 6.92 Å². The second-order valence-corrected chi connectivity index (χ2v) is 3.92. The third-order valence-electron chi connectivity index (χ3n) is 2.28.